The van der Waals surface area contributed by atoms with Crippen molar-refractivity contribution in [2.24, 2.45) is 0 Å². The fourth-order valence-electron chi connectivity index (χ4n) is 2.50. The first kappa shape index (κ1) is 16.8. The topological polar surface area (TPSA) is 80.5 Å². The molecule has 2 aromatic heterocycles. The van der Waals surface area contributed by atoms with Gasteiger partial charge in [0.05, 0.1) is 13.3 Å². The molecule has 0 atom stereocenters. The van der Waals surface area contributed by atoms with E-state index in [0.29, 0.717) is 23.6 Å². The summed E-state index contributed by atoms with van der Waals surface area (Å²) in [6.07, 6.45) is 3.31. The van der Waals surface area contributed by atoms with Crippen LogP contribution in [-0.2, 0) is 6.54 Å². The quantitative estimate of drug-likeness (QED) is 0.721. The molecular weight excluding hydrogens is 318 g/mol. The van der Waals surface area contributed by atoms with E-state index in [-0.39, 0.29) is 11.9 Å². The molecule has 130 valence electrons. The van der Waals surface area contributed by atoms with Gasteiger partial charge in [0.15, 0.2) is 5.65 Å². The normalized spacial score (nSPS) is 10.9. The van der Waals surface area contributed by atoms with Crippen LogP contribution in [0.3, 0.4) is 0 Å². The van der Waals surface area contributed by atoms with Gasteiger partial charge in [0.25, 0.3) is 5.91 Å². The third-order valence-corrected chi connectivity index (χ3v) is 3.69. The molecule has 0 radical (unpaired) electrons. The van der Waals surface area contributed by atoms with Crippen molar-refractivity contribution in [2.45, 2.75) is 26.4 Å². The minimum atomic E-state index is -0.181. The van der Waals surface area contributed by atoms with Crippen molar-refractivity contribution in [1.82, 2.24) is 19.9 Å². The van der Waals surface area contributed by atoms with Crippen molar-refractivity contribution in [2.75, 3.05) is 12.4 Å². The molecule has 0 aliphatic carbocycles. The largest absolute Gasteiger partial charge is 0.496 e. The highest BCUT2D eigenvalue weighted by molar-refractivity contribution is 5.99. The third-order valence-electron chi connectivity index (χ3n) is 3.69. The van der Waals surface area contributed by atoms with Crippen molar-refractivity contribution < 1.29 is 9.53 Å². The summed E-state index contributed by atoms with van der Waals surface area (Å²) in [6.45, 7) is 4.39. The molecule has 0 saturated heterocycles. The third kappa shape index (κ3) is 3.71. The van der Waals surface area contributed by atoms with E-state index in [9.17, 15) is 4.79 Å². The molecule has 3 aromatic rings. The Balaban J connectivity index is 1.82. The average Bonchev–Trinajstić information content (AvgIpc) is 3.03. The Labute approximate surface area is 146 Å². The Morgan fingerprint density at radius 2 is 2.08 bits per heavy atom. The lowest BCUT2D eigenvalue weighted by Gasteiger charge is -2.10. The lowest BCUT2D eigenvalue weighted by Crippen LogP contribution is -2.30. The summed E-state index contributed by atoms with van der Waals surface area (Å²) in [5.41, 5.74) is 2.00. The molecule has 0 unspecified atom stereocenters. The monoisotopic (exact) mass is 339 g/mol. The van der Waals surface area contributed by atoms with Crippen LogP contribution in [0.2, 0.25) is 0 Å². The van der Waals surface area contributed by atoms with Gasteiger partial charge in [0.2, 0.25) is 0 Å². The molecule has 1 aromatic carbocycles. The maximum atomic E-state index is 12.3. The molecule has 0 aliphatic heterocycles. The number of hydrogen-bond donors (Lipinski definition) is 2. The Morgan fingerprint density at radius 1 is 1.28 bits per heavy atom. The molecule has 7 heteroatoms. The summed E-state index contributed by atoms with van der Waals surface area (Å²) >= 11 is 0. The van der Waals surface area contributed by atoms with Crippen molar-refractivity contribution in [3.8, 4) is 5.75 Å². The van der Waals surface area contributed by atoms with Gasteiger partial charge in [-0.15, -0.1) is 0 Å². The van der Waals surface area contributed by atoms with E-state index in [4.69, 9.17) is 4.74 Å². The van der Waals surface area contributed by atoms with Crippen LogP contribution in [0, 0.1) is 0 Å². The molecule has 0 fully saturated rings. The second-order valence-electron chi connectivity index (χ2n) is 5.93. The Kier molecular flexibility index (Phi) is 4.83. The van der Waals surface area contributed by atoms with Crippen LogP contribution in [0.15, 0.2) is 42.7 Å². The fraction of sp³-hybridized carbons (Fsp3) is 0.278. The molecule has 0 saturated carbocycles. The molecule has 3 rings (SSSR count). The van der Waals surface area contributed by atoms with E-state index in [2.05, 4.69) is 20.7 Å². The van der Waals surface area contributed by atoms with Crippen LogP contribution in [0.25, 0.3) is 5.65 Å². The van der Waals surface area contributed by atoms with Gasteiger partial charge in [0, 0.05) is 24.3 Å². The standard InChI is InChI=1S/C18H21N5O2/c1-12(2)21-18(24)14-11-20-23-9-8-16(22-17(14)23)19-10-13-6-4-5-7-15(13)25-3/h4-9,11-12H,10H2,1-3H3,(H,19,22)(H,21,24). The highest BCUT2D eigenvalue weighted by atomic mass is 16.5. The zero-order valence-corrected chi connectivity index (χ0v) is 14.5. The number of aromatic nitrogens is 3. The molecule has 0 bridgehead atoms. The van der Waals surface area contributed by atoms with Crippen molar-refractivity contribution in [3.63, 3.8) is 0 Å². The average molecular weight is 339 g/mol. The van der Waals surface area contributed by atoms with E-state index in [0.717, 1.165) is 11.3 Å². The van der Waals surface area contributed by atoms with Crippen LogP contribution in [-0.4, -0.2) is 33.7 Å². The lowest BCUT2D eigenvalue weighted by molar-refractivity contribution is 0.0944. The van der Waals surface area contributed by atoms with Crippen LogP contribution in [0.4, 0.5) is 5.82 Å². The predicted molar refractivity (Wildman–Crippen MR) is 95.9 cm³/mol. The number of rotatable bonds is 6. The number of hydrogen-bond acceptors (Lipinski definition) is 5. The van der Waals surface area contributed by atoms with Gasteiger partial charge in [-0.2, -0.15) is 5.10 Å². The van der Waals surface area contributed by atoms with Crippen LogP contribution >= 0.6 is 0 Å². The van der Waals surface area contributed by atoms with E-state index >= 15 is 0 Å². The highest BCUT2D eigenvalue weighted by Gasteiger charge is 2.15. The summed E-state index contributed by atoms with van der Waals surface area (Å²) in [7, 11) is 1.65. The molecule has 0 aliphatic rings. The summed E-state index contributed by atoms with van der Waals surface area (Å²) in [6, 6.07) is 9.66. The Hall–Kier alpha value is -3.09. The number of amides is 1. The second kappa shape index (κ2) is 7.21. The number of ether oxygens (including phenoxy) is 1. The first-order valence-corrected chi connectivity index (χ1v) is 8.09. The summed E-state index contributed by atoms with van der Waals surface area (Å²) in [5.74, 6) is 1.30. The van der Waals surface area contributed by atoms with E-state index in [1.807, 2.05) is 44.2 Å². The second-order valence-corrected chi connectivity index (χ2v) is 5.93. The molecule has 25 heavy (non-hydrogen) atoms. The summed E-state index contributed by atoms with van der Waals surface area (Å²) in [4.78, 5) is 16.8. The predicted octanol–water partition coefficient (Wildman–Crippen LogP) is 2.49. The maximum Gasteiger partial charge on any atom is 0.256 e. The van der Waals surface area contributed by atoms with Crippen LogP contribution in [0.5, 0.6) is 5.75 Å². The number of para-hydroxylation sites is 1. The summed E-state index contributed by atoms with van der Waals surface area (Å²) in [5, 5.41) is 10.3. The van der Waals surface area contributed by atoms with Gasteiger partial charge in [-0.05, 0) is 26.0 Å². The fourth-order valence-corrected chi connectivity index (χ4v) is 2.50. The number of carbonyl (C=O) groups excluding carboxylic acids is 1. The number of fused-ring (bicyclic) bond motifs is 1. The minimum Gasteiger partial charge on any atom is -0.496 e. The van der Waals surface area contributed by atoms with Crippen molar-refractivity contribution in [3.05, 3.63) is 53.9 Å². The van der Waals surface area contributed by atoms with Crippen molar-refractivity contribution >= 4 is 17.4 Å². The first-order valence-electron chi connectivity index (χ1n) is 8.09. The minimum absolute atomic E-state index is 0.0503. The lowest BCUT2D eigenvalue weighted by atomic mass is 10.2. The molecular formula is C18H21N5O2. The zero-order valence-electron chi connectivity index (χ0n) is 14.5. The highest BCUT2D eigenvalue weighted by Crippen LogP contribution is 2.19. The van der Waals surface area contributed by atoms with Crippen molar-refractivity contribution in [1.29, 1.82) is 0 Å². The molecule has 0 spiro atoms. The molecule has 2 heterocycles. The Morgan fingerprint density at radius 3 is 2.84 bits per heavy atom. The van der Waals surface area contributed by atoms with Gasteiger partial charge in [-0.3, -0.25) is 4.79 Å². The number of anilines is 1. The van der Waals surface area contributed by atoms with Gasteiger partial charge in [-0.1, -0.05) is 18.2 Å². The number of nitrogens with zero attached hydrogens (tertiary/aromatic N) is 3. The zero-order chi connectivity index (χ0) is 17.8. The summed E-state index contributed by atoms with van der Waals surface area (Å²) < 4.78 is 6.94. The Bertz CT molecular complexity index is 888. The van der Waals surface area contributed by atoms with Crippen LogP contribution < -0.4 is 15.4 Å². The SMILES string of the molecule is COc1ccccc1CNc1ccn2ncc(C(=O)NC(C)C)c2n1. The van der Waals surface area contributed by atoms with E-state index in [1.54, 1.807) is 17.8 Å². The number of carbonyl (C=O) groups is 1. The van der Waals surface area contributed by atoms with E-state index < -0.39 is 0 Å². The smallest absolute Gasteiger partial charge is 0.256 e. The van der Waals surface area contributed by atoms with Gasteiger partial charge in [-0.25, -0.2) is 9.50 Å². The number of benzene rings is 1. The number of methoxy groups -OCH3 is 1. The first-order chi connectivity index (χ1) is 12.1. The van der Waals surface area contributed by atoms with E-state index in [1.165, 1.54) is 6.20 Å². The molecule has 1 amide bonds. The maximum absolute atomic E-state index is 12.3. The van der Waals surface area contributed by atoms with Crippen LogP contribution in [0.1, 0.15) is 29.8 Å². The molecule has 7 nitrogen and oxygen atoms in total. The molecule has 2 N–H and O–H groups in total. The van der Waals surface area contributed by atoms with Gasteiger partial charge >= 0.3 is 0 Å². The van der Waals surface area contributed by atoms with Gasteiger partial charge < -0.3 is 15.4 Å². The van der Waals surface area contributed by atoms with Gasteiger partial charge in [0.1, 0.15) is 17.1 Å². The number of nitrogens with one attached hydrogen (secondary N) is 2.